The van der Waals surface area contributed by atoms with Crippen molar-refractivity contribution in [3.05, 3.63) is 52.5 Å². The lowest BCUT2D eigenvalue weighted by molar-refractivity contribution is -0.116. The number of benzene rings is 1. The van der Waals surface area contributed by atoms with Crippen LogP contribution in [-0.4, -0.2) is 30.3 Å². The van der Waals surface area contributed by atoms with Gasteiger partial charge in [-0.3, -0.25) is 9.59 Å². The third-order valence-corrected chi connectivity index (χ3v) is 3.62. The van der Waals surface area contributed by atoms with Crippen LogP contribution in [0.5, 0.6) is 0 Å². The number of carbonyl (C=O) groups is 2. The highest BCUT2D eigenvalue weighted by atomic mass is 16.3. The number of aryl methyl sites for hydroxylation is 4. The van der Waals surface area contributed by atoms with E-state index < -0.39 is 0 Å². The van der Waals surface area contributed by atoms with Crippen molar-refractivity contribution in [2.24, 2.45) is 0 Å². The standard InChI is InChI=1S/C18H22N2O3/c1-11-8-12(2)17(13(3)9-11)19-16(21)10-20(5)18(22)15-7-6-14(4)23-15/h6-9H,10H2,1-5H3,(H,19,21). The van der Waals surface area contributed by atoms with Crippen LogP contribution in [0.1, 0.15) is 33.0 Å². The molecule has 0 atom stereocenters. The molecule has 122 valence electrons. The van der Waals surface area contributed by atoms with Crippen LogP contribution in [0.15, 0.2) is 28.7 Å². The van der Waals surface area contributed by atoms with E-state index in [2.05, 4.69) is 5.32 Å². The van der Waals surface area contributed by atoms with E-state index in [9.17, 15) is 9.59 Å². The second-order valence-corrected chi connectivity index (χ2v) is 5.89. The Labute approximate surface area is 136 Å². The summed E-state index contributed by atoms with van der Waals surface area (Å²) in [5, 5.41) is 2.88. The number of nitrogens with one attached hydrogen (secondary N) is 1. The van der Waals surface area contributed by atoms with E-state index in [1.54, 1.807) is 26.1 Å². The summed E-state index contributed by atoms with van der Waals surface area (Å²) in [6.07, 6.45) is 0. The van der Waals surface area contributed by atoms with E-state index in [0.717, 1.165) is 22.4 Å². The van der Waals surface area contributed by atoms with Gasteiger partial charge in [-0.15, -0.1) is 0 Å². The Balaban J connectivity index is 2.03. The Hall–Kier alpha value is -2.56. The molecule has 5 nitrogen and oxygen atoms in total. The molecule has 23 heavy (non-hydrogen) atoms. The summed E-state index contributed by atoms with van der Waals surface area (Å²) in [7, 11) is 1.58. The zero-order valence-electron chi connectivity index (χ0n) is 14.2. The van der Waals surface area contributed by atoms with Gasteiger partial charge < -0.3 is 14.6 Å². The third-order valence-electron chi connectivity index (χ3n) is 3.62. The van der Waals surface area contributed by atoms with Crippen LogP contribution in [0.4, 0.5) is 5.69 Å². The van der Waals surface area contributed by atoms with Crippen molar-refractivity contribution in [3.63, 3.8) is 0 Å². The van der Waals surface area contributed by atoms with Crippen molar-refractivity contribution >= 4 is 17.5 Å². The number of furan rings is 1. The quantitative estimate of drug-likeness (QED) is 0.942. The van der Waals surface area contributed by atoms with Gasteiger partial charge in [-0.05, 0) is 51.0 Å². The monoisotopic (exact) mass is 314 g/mol. The lowest BCUT2D eigenvalue weighted by atomic mass is 10.1. The van der Waals surface area contributed by atoms with E-state index >= 15 is 0 Å². The first kappa shape index (κ1) is 16.8. The Bertz CT molecular complexity index is 723. The second-order valence-electron chi connectivity index (χ2n) is 5.89. The fourth-order valence-electron chi connectivity index (χ4n) is 2.58. The summed E-state index contributed by atoms with van der Waals surface area (Å²) < 4.78 is 5.29. The molecule has 0 saturated heterocycles. The van der Waals surface area contributed by atoms with Crippen molar-refractivity contribution in [1.29, 1.82) is 0 Å². The van der Waals surface area contributed by atoms with Crippen LogP contribution in [0.25, 0.3) is 0 Å². The Morgan fingerprint density at radius 2 is 1.70 bits per heavy atom. The van der Waals surface area contributed by atoms with Crippen molar-refractivity contribution in [3.8, 4) is 0 Å². The molecule has 2 rings (SSSR count). The van der Waals surface area contributed by atoms with Gasteiger partial charge in [0.1, 0.15) is 5.76 Å². The molecule has 0 aliphatic heterocycles. The van der Waals surface area contributed by atoms with Crippen molar-refractivity contribution < 1.29 is 14.0 Å². The molecule has 0 bridgehead atoms. The number of amides is 2. The molecule has 1 aromatic heterocycles. The van der Waals surface area contributed by atoms with Crippen LogP contribution in [0.3, 0.4) is 0 Å². The maximum Gasteiger partial charge on any atom is 0.289 e. The molecule has 0 aliphatic carbocycles. The Morgan fingerprint density at radius 3 is 2.22 bits per heavy atom. The molecule has 2 amide bonds. The average molecular weight is 314 g/mol. The van der Waals surface area contributed by atoms with E-state index in [1.165, 1.54) is 4.90 Å². The minimum absolute atomic E-state index is 0.0364. The number of carbonyl (C=O) groups excluding carboxylic acids is 2. The summed E-state index contributed by atoms with van der Waals surface area (Å²) in [6, 6.07) is 7.37. The first-order valence-electron chi connectivity index (χ1n) is 7.47. The Kier molecular flexibility index (Phi) is 4.89. The molecule has 0 unspecified atom stereocenters. The summed E-state index contributed by atoms with van der Waals surface area (Å²) >= 11 is 0. The lowest BCUT2D eigenvalue weighted by Crippen LogP contribution is -2.35. The molecule has 0 radical (unpaired) electrons. The molecule has 1 heterocycles. The number of likely N-dealkylation sites (N-methyl/N-ethyl adjacent to an activating group) is 1. The molecule has 2 aromatic rings. The summed E-state index contributed by atoms with van der Waals surface area (Å²) in [4.78, 5) is 25.7. The van der Waals surface area contributed by atoms with Gasteiger partial charge in [0.2, 0.25) is 5.91 Å². The molecular weight excluding hydrogens is 292 g/mol. The fraction of sp³-hybridized carbons (Fsp3) is 0.333. The number of rotatable bonds is 4. The maximum atomic E-state index is 12.2. The van der Waals surface area contributed by atoms with Gasteiger partial charge in [0.15, 0.2) is 5.76 Å². The minimum Gasteiger partial charge on any atom is -0.456 e. The topological polar surface area (TPSA) is 62.6 Å². The van der Waals surface area contributed by atoms with Crippen LogP contribution in [0.2, 0.25) is 0 Å². The number of anilines is 1. The normalized spacial score (nSPS) is 10.5. The van der Waals surface area contributed by atoms with Crippen molar-refractivity contribution in [2.75, 3.05) is 18.9 Å². The predicted octanol–water partition coefficient (Wildman–Crippen LogP) is 3.22. The molecule has 5 heteroatoms. The zero-order chi connectivity index (χ0) is 17.1. The molecule has 1 aromatic carbocycles. The van der Waals surface area contributed by atoms with E-state index in [0.29, 0.717) is 5.76 Å². The largest absolute Gasteiger partial charge is 0.456 e. The van der Waals surface area contributed by atoms with Gasteiger partial charge in [-0.1, -0.05) is 17.7 Å². The van der Waals surface area contributed by atoms with Crippen LogP contribution in [-0.2, 0) is 4.79 Å². The van der Waals surface area contributed by atoms with Gasteiger partial charge in [-0.25, -0.2) is 0 Å². The number of hydrogen-bond donors (Lipinski definition) is 1. The molecule has 0 fully saturated rings. The van der Waals surface area contributed by atoms with Crippen LogP contribution < -0.4 is 5.32 Å². The third kappa shape index (κ3) is 4.00. The molecule has 0 aliphatic rings. The first-order valence-corrected chi connectivity index (χ1v) is 7.47. The SMILES string of the molecule is Cc1cc(C)c(NC(=O)CN(C)C(=O)c2ccc(C)o2)c(C)c1. The van der Waals surface area contributed by atoms with Crippen LogP contribution >= 0.6 is 0 Å². The van der Waals surface area contributed by atoms with E-state index in [4.69, 9.17) is 4.42 Å². The predicted molar refractivity (Wildman–Crippen MR) is 89.7 cm³/mol. The fourth-order valence-corrected chi connectivity index (χ4v) is 2.58. The van der Waals surface area contributed by atoms with Crippen molar-refractivity contribution in [1.82, 2.24) is 4.90 Å². The first-order chi connectivity index (χ1) is 10.8. The molecule has 0 saturated carbocycles. The summed E-state index contributed by atoms with van der Waals surface area (Å²) in [5.74, 6) is 0.349. The van der Waals surface area contributed by atoms with Gasteiger partial charge >= 0.3 is 0 Å². The molecule has 0 spiro atoms. The Morgan fingerprint density at radius 1 is 1.09 bits per heavy atom. The number of hydrogen-bond acceptors (Lipinski definition) is 3. The minimum atomic E-state index is -0.314. The lowest BCUT2D eigenvalue weighted by Gasteiger charge is -2.17. The highest BCUT2D eigenvalue weighted by molar-refractivity contribution is 5.98. The van der Waals surface area contributed by atoms with Gasteiger partial charge in [0.05, 0.1) is 6.54 Å². The van der Waals surface area contributed by atoms with Crippen LogP contribution in [0, 0.1) is 27.7 Å². The second kappa shape index (κ2) is 6.69. The smallest absolute Gasteiger partial charge is 0.289 e. The van der Waals surface area contributed by atoms with Crippen molar-refractivity contribution in [2.45, 2.75) is 27.7 Å². The highest BCUT2D eigenvalue weighted by Crippen LogP contribution is 2.21. The van der Waals surface area contributed by atoms with Gasteiger partial charge in [0.25, 0.3) is 5.91 Å². The van der Waals surface area contributed by atoms with E-state index in [1.807, 2.05) is 32.9 Å². The van der Waals surface area contributed by atoms with Gasteiger partial charge in [0, 0.05) is 12.7 Å². The zero-order valence-corrected chi connectivity index (χ0v) is 14.2. The number of nitrogens with zero attached hydrogens (tertiary/aromatic N) is 1. The average Bonchev–Trinajstić information content (AvgIpc) is 2.88. The molecular formula is C18H22N2O3. The summed E-state index contributed by atoms with van der Waals surface area (Å²) in [5.41, 5.74) is 3.96. The highest BCUT2D eigenvalue weighted by Gasteiger charge is 2.18. The maximum absolute atomic E-state index is 12.2. The van der Waals surface area contributed by atoms with E-state index in [-0.39, 0.29) is 24.1 Å². The molecule has 1 N–H and O–H groups in total. The van der Waals surface area contributed by atoms with Gasteiger partial charge in [-0.2, -0.15) is 0 Å². The summed E-state index contributed by atoms with van der Waals surface area (Å²) in [6.45, 7) is 7.66.